The minimum Gasteiger partial charge on any atom is -0.445 e. The van der Waals surface area contributed by atoms with Crippen LogP contribution in [-0.2, 0) is 11.3 Å². The average molecular weight is 348 g/mol. The first-order valence-electron chi connectivity index (χ1n) is 8.84. The molecule has 1 aromatic carbocycles. The number of benzene rings is 1. The summed E-state index contributed by atoms with van der Waals surface area (Å²) >= 11 is 0. The van der Waals surface area contributed by atoms with Gasteiger partial charge in [-0.15, -0.1) is 0 Å². The molecule has 0 aliphatic heterocycles. The molecule has 1 amide bonds. The predicted molar refractivity (Wildman–Crippen MR) is 105 cm³/mol. The van der Waals surface area contributed by atoms with Crippen molar-refractivity contribution < 1.29 is 9.53 Å². The molecule has 0 aliphatic carbocycles. The summed E-state index contributed by atoms with van der Waals surface area (Å²) in [5.41, 5.74) is 3.11. The minimum absolute atomic E-state index is 0.277. The number of hydrogen-bond acceptors (Lipinski definition) is 4. The molecule has 0 aliphatic rings. The quantitative estimate of drug-likeness (QED) is 0.728. The molecule has 0 fully saturated rings. The van der Waals surface area contributed by atoms with E-state index in [1.807, 2.05) is 31.3 Å². The van der Waals surface area contributed by atoms with Gasteiger partial charge >= 0.3 is 6.09 Å². The molecule has 1 rings (SSSR count). The van der Waals surface area contributed by atoms with Gasteiger partial charge in [-0.2, -0.15) is 0 Å². The molecule has 5 heteroatoms. The van der Waals surface area contributed by atoms with Crippen LogP contribution in [0.2, 0.25) is 0 Å². The number of likely N-dealkylation sites (N-methyl/N-ethyl adjacent to an activating group) is 2. The lowest BCUT2D eigenvalue weighted by Crippen LogP contribution is -2.35. The lowest BCUT2D eigenvalue weighted by molar-refractivity contribution is 0.102. The first kappa shape index (κ1) is 20.9. The monoisotopic (exact) mass is 347 g/mol. The molecule has 0 atom stereocenters. The lowest BCUT2D eigenvalue weighted by atomic mass is 10.1. The van der Waals surface area contributed by atoms with Gasteiger partial charge in [0.25, 0.3) is 0 Å². The highest BCUT2D eigenvalue weighted by atomic mass is 16.6. The molecule has 1 N–H and O–H groups in total. The van der Waals surface area contributed by atoms with Gasteiger partial charge in [-0.1, -0.05) is 32.6 Å². The fraction of sp³-hybridized carbons (Fsp3) is 0.550. The summed E-state index contributed by atoms with van der Waals surface area (Å²) in [7, 11) is 3.75. The van der Waals surface area contributed by atoms with Gasteiger partial charge in [-0.3, -0.25) is 0 Å². The van der Waals surface area contributed by atoms with Crippen LogP contribution in [-0.4, -0.2) is 49.1 Å². The van der Waals surface area contributed by atoms with Crippen LogP contribution in [0.4, 0.5) is 10.5 Å². The first-order valence-corrected chi connectivity index (χ1v) is 8.84. The second-order valence-electron chi connectivity index (χ2n) is 7.04. The standard InChI is InChI=1S/C20H33N3O2/c1-15(2)17(5)22(6)12-13-23(7)20(24)25-14-18-8-10-19(11-9-18)21-16(3)4/h8-11,15-16,21H,5,12-14H2,1-4,6-7H3. The van der Waals surface area contributed by atoms with Crippen molar-refractivity contribution in [2.75, 3.05) is 32.5 Å². The Bertz CT molecular complexity index is 553. The summed E-state index contributed by atoms with van der Waals surface area (Å²) in [5, 5.41) is 3.33. The number of carbonyl (C=O) groups is 1. The Morgan fingerprint density at radius 3 is 2.16 bits per heavy atom. The van der Waals surface area contributed by atoms with Crippen LogP contribution in [0.25, 0.3) is 0 Å². The maximum Gasteiger partial charge on any atom is 0.409 e. The van der Waals surface area contributed by atoms with E-state index in [1.165, 1.54) is 0 Å². The highest BCUT2D eigenvalue weighted by molar-refractivity contribution is 5.67. The van der Waals surface area contributed by atoms with Crippen LogP contribution >= 0.6 is 0 Å². The molecule has 0 bridgehead atoms. The smallest absolute Gasteiger partial charge is 0.409 e. The number of amides is 1. The van der Waals surface area contributed by atoms with Crippen molar-refractivity contribution in [2.45, 2.75) is 40.3 Å². The zero-order valence-corrected chi connectivity index (χ0v) is 16.5. The summed E-state index contributed by atoms with van der Waals surface area (Å²) in [6, 6.07) is 8.33. The summed E-state index contributed by atoms with van der Waals surface area (Å²) in [6.45, 7) is 14.1. The highest BCUT2D eigenvalue weighted by Gasteiger charge is 2.12. The molecule has 1 aromatic rings. The highest BCUT2D eigenvalue weighted by Crippen LogP contribution is 2.12. The third-order valence-corrected chi connectivity index (χ3v) is 4.01. The maximum absolute atomic E-state index is 12.1. The van der Waals surface area contributed by atoms with Gasteiger partial charge in [-0.05, 0) is 37.5 Å². The van der Waals surface area contributed by atoms with Crippen molar-refractivity contribution in [3.05, 3.63) is 42.1 Å². The number of carbonyl (C=O) groups excluding carboxylic acids is 1. The normalized spacial score (nSPS) is 10.7. The van der Waals surface area contributed by atoms with Crippen molar-refractivity contribution in [2.24, 2.45) is 5.92 Å². The molecular formula is C20H33N3O2. The second-order valence-corrected chi connectivity index (χ2v) is 7.04. The van der Waals surface area contributed by atoms with Gasteiger partial charge in [0.2, 0.25) is 0 Å². The largest absolute Gasteiger partial charge is 0.445 e. The number of nitrogens with zero attached hydrogens (tertiary/aromatic N) is 2. The van der Waals surface area contributed by atoms with Gasteiger partial charge in [0.1, 0.15) is 6.61 Å². The van der Waals surface area contributed by atoms with Gasteiger partial charge in [0.15, 0.2) is 0 Å². The molecule has 0 aromatic heterocycles. The topological polar surface area (TPSA) is 44.8 Å². The Labute approximate surface area is 152 Å². The van der Waals surface area contributed by atoms with E-state index in [-0.39, 0.29) is 12.7 Å². The molecule has 0 radical (unpaired) electrons. The molecule has 0 unspecified atom stereocenters. The predicted octanol–water partition coefficient (Wildman–Crippen LogP) is 4.18. The van der Waals surface area contributed by atoms with E-state index in [1.54, 1.807) is 11.9 Å². The Kier molecular flexibility index (Phi) is 8.32. The van der Waals surface area contributed by atoms with Crippen molar-refractivity contribution in [1.29, 1.82) is 0 Å². The van der Waals surface area contributed by atoms with E-state index in [9.17, 15) is 4.79 Å². The van der Waals surface area contributed by atoms with Gasteiger partial charge in [-0.25, -0.2) is 4.79 Å². The lowest BCUT2D eigenvalue weighted by Gasteiger charge is -2.26. The third-order valence-electron chi connectivity index (χ3n) is 4.01. The minimum atomic E-state index is -0.312. The van der Waals surface area contributed by atoms with E-state index >= 15 is 0 Å². The zero-order valence-electron chi connectivity index (χ0n) is 16.5. The van der Waals surface area contributed by atoms with Crippen LogP contribution in [0.3, 0.4) is 0 Å². The van der Waals surface area contributed by atoms with Crippen LogP contribution in [0.5, 0.6) is 0 Å². The van der Waals surface area contributed by atoms with Gasteiger partial charge < -0.3 is 19.9 Å². The summed E-state index contributed by atoms with van der Waals surface area (Å²) in [5.74, 6) is 0.399. The summed E-state index contributed by atoms with van der Waals surface area (Å²) in [4.78, 5) is 15.8. The summed E-state index contributed by atoms with van der Waals surface area (Å²) in [6.07, 6.45) is -0.312. The van der Waals surface area contributed by atoms with Gasteiger partial charge in [0.05, 0.1) is 0 Å². The van der Waals surface area contributed by atoms with E-state index in [2.05, 4.69) is 44.5 Å². The summed E-state index contributed by atoms with van der Waals surface area (Å²) < 4.78 is 5.38. The SMILES string of the molecule is C=C(C(C)C)N(C)CCN(C)C(=O)OCc1ccc(NC(C)C)cc1. The van der Waals surface area contributed by atoms with Crippen molar-refractivity contribution in [3.63, 3.8) is 0 Å². The molecule has 0 spiro atoms. The number of anilines is 1. The van der Waals surface area contributed by atoms with E-state index in [4.69, 9.17) is 4.74 Å². The van der Waals surface area contributed by atoms with Crippen LogP contribution < -0.4 is 5.32 Å². The fourth-order valence-corrected chi connectivity index (χ4v) is 2.26. The number of ether oxygens (including phenoxy) is 1. The second kappa shape index (κ2) is 9.97. The number of hydrogen-bond donors (Lipinski definition) is 1. The van der Waals surface area contributed by atoms with Gasteiger partial charge in [0, 0.05) is 44.6 Å². The number of nitrogens with one attached hydrogen (secondary N) is 1. The van der Waals surface area contributed by atoms with Crippen LogP contribution in [0, 0.1) is 5.92 Å². The Morgan fingerprint density at radius 1 is 1.08 bits per heavy atom. The van der Waals surface area contributed by atoms with Crippen molar-refractivity contribution in [3.8, 4) is 0 Å². The Balaban J connectivity index is 2.39. The average Bonchev–Trinajstić information content (AvgIpc) is 2.57. The molecule has 0 saturated carbocycles. The van der Waals surface area contributed by atoms with E-state index in [0.29, 0.717) is 18.5 Å². The number of allylic oxidation sites excluding steroid dienone is 1. The third kappa shape index (κ3) is 7.50. The molecule has 5 nitrogen and oxygen atoms in total. The molecule has 25 heavy (non-hydrogen) atoms. The maximum atomic E-state index is 12.1. The van der Waals surface area contributed by atoms with Crippen LogP contribution in [0.1, 0.15) is 33.3 Å². The molecular weight excluding hydrogens is 314 g/mol. The molecule has 140 valence electrons. The number of rotatable bonds is 9. The van der Waals surface area contributed by atoms with Crippen molar-refractivity contribution in [1.82, 2.24) is 9.80 Å². The zero-order chi connectivity index (χ0) is 19.0. The van der Waals surface area contributed by atoms with E-state index < -0.39 is 0 Å². The molecule has 0 heterocycles. The fourth-order valence-electron chi connectivity index (χ4n) is 2.26. The van der Waals surface area contributed by atoms with Crippen molar-refractivity contribution >= 4 is 11.8 Å². The van der Waals surface area contributed by atoms with Crippen LogP contribution in [0.15, 0.2) is 36.5 Å². The van der Waals surface area contributed by atoms with E-state index in [0.717, 1.165) is 23.5 Å². The first-order chi connectivity index (χ1) is 11.7. The Morgan fingerprint density at radius 2 is 1.64 bits per heavy atom. The molecule has 0 saturated heterocycles. The Hall–Kier alpha value is -2.17.